The van der Waals surface area contributed by atoms with Crippen LogP contribution >= 0.6 is 22.9 Å². The molecule has 1 atom stereocenters. The molecule has 0 amide bonds. The van der Waals surface area contributed by atoms with Crippen LogP contribution in [-0.2, 0) is 0 Å². The molecule has 1 N–H and O–H groups in total. The summed E-state index contributed by atoms with van der Waals surface area (Å²) in [5, 5.41) is 10.1. The van der Waals surface area contributed by atoms with Crippen LogP contribution in [0.1, 0.15) is 36.7 Å². The van der Waals surface area contributed by atoms with Gasteiger partial charge in [0.05, 0.1) is 16.4 Å². The van der Waals surface area contributed by atoms with Crippen LogP contribution in [0.2, 0.25) is 4.34 Å². The summed E-state index contributed by atoms with van der Waals surface area (Å²) in [5.41, 5.74) is 0. The molecule has 0 aliphatic heterocycles. The molecule has 18 heavy (non-hydrogen) atoms. The van der Waals surface area contributed by atoms with Gasteiger partial charge in [-0.1, -0.05) is 11.6 Å². The van der Waals surface area contributed by atoms with Crippen molar-refractivity contribution >= 4 is 22.9 Å². The summed E-state index contributed by atoms with van der Waals surface area (Å²) >= 11 is 7.07. The third-order valence-electron chi connectivity index (χ3n) is 3.57. The Morgan fingerprint density at radius 1 is 1.22 bits per heavy atom. The fraction of sp³-hybridized carbons (Fsp3) is 0.667. The summed E-state index contributed by atoms with van der Waals surface area (Å²) in [4.78, 5) is 0.746. The van der Waals surface area contributed by atoms with E-state index in [0.717, 1.165) is 4.88 Å². The Bertz CT molecular complexity index is 396. The van der Waals surface area contributed by atoms with E-state index in [0.29, 0.717) is 17.2 Å². The SMILES string of the molecule is OC(c1ccc(Cl)s1)C1CCC(C(F)(F)F)CC1. The largest absolute Gasteiger partial charge is 0.391 e. The van der Waals surface area contributed by atoms with E-state index in [4.69, 9.17) is 11.6 Å². The van der Waals surface area contributed by atoms with Crippen molar-refractivity contribution in [2.75, 3.05) is 0 Å². The van der Waals surface area contributed by atoms with Gasteiger partial charge in [-0.05, 0) is 43.7 Å². The zero-order chi connectivity index (χ0) is 13.3. The average Bonchev–Trinajstić information content (AvgIpc) is 2.74. The standard InChI is InChI=1S/C12H14ClF3OS/c13-10-6-5-9(18-10)11(17)7-1-3-8(4-2-7)12(14,15)16/h5-8,11,17H,1-4H2. The van der Waals surface area contributed by atoms with Gasteiger partial charge in [-0.2, -0.15) is 13.2 Å². The van der Waals surface area contributed by atoms with E-state index in [1.165, 1.54) is 11.3 Å². The zero-order valence-electron chi connectivity index (χ0n) is 9.58. The molecule has 1 heterocycles. The van der Waals surface area contributed by atoms with Crippen molar-refractivity contribution < 1.29 is 18.3 Å². The number of halogens is 4. The molecule has 1 saturated carbocycles. The van der Waals surface area contributed by atoms with Gasteiger partial charge < -0.3 is 5.11 Å². The average molecular weight is 299 g/mol. The first kappa shape index (κ1) is 14.2. The summed E-state index contributed by atoms with van der Waals surface area (Å²) in [6.07, 6.45) is -3.71. The van der Waals surface area contributed by atoms with Crippen molar-refractivity contribution in [3.05, 3.63) is 21.3 Å². The Labute approximate surface area is 113 Å². The first-order valence-corrected chi connectivity index (χ1v) is 7.07. The lowest BCUT2D eigenvalue weighted by Gasteiger charge is -2.32. The van der Waals surface area contributed by atoms with Gasteiger partial charge in [-0.15, -0.1) is 11.3 Å². The molecule has 1 aliphatic carbocycles. The molecule has 1 nitrogen and oxygen atoms in total. The third-order valence-corrected chi connectivity index (χ3v) is 4.87. The summed E-state index contributed by atoms with van der Waals surface area (Å²) in [6, 6.07) is 3.44. The second-order valence-electron chi connectivity index (χ2n) is 4.74. The molecule has 0 saturated heterocycles. The first-order valence-electron chi connectivity index (χ1n) is 5.88. The van der Waals surface area contributed by atoms with Crippen LogP contribution in [0.15, 0.2) is 12.1 Å². The Balaban J connectivity index is 1.94. The van der Waals surface area contributed by atoms with Crippen LogP contribution in [0, 0.1) is 11.8 Å². The van der Waals surface area contributed by atoms with Gasteiger partial charge >= 0.3 is 6.18 Å². The minimum absolute atomic E-state index is 0.0849. The van der Waals surface area contributed by atoms with Crippen LogP contribution in [0.3, 0.4) is 0 Å². The predicted octanol–water partition coefficient (Wildman–Crippen LogP) is 4.80. The summed E-state index contributed by atoms with van der Waals surface area (Å²) in [5.74, 6) is -1.29. The maximum Gasteiger partial charge on any atom is 0.391 e. The van der Waals surface area contributed by atoms with Gasteiger partial charge in [0, 0.05) is 4.88 Å². The maximum atomic E-state index is 12.5. The fourth-order valence-corrected chi connectivity index (χ4v) is 3.62. The van der Waals surface area contributed by atoms with Crippen LogP contribution in [0.5, 0.6) is 0 Å². The lowest BCUT2D eigenvalue weighted by Crippen LogP contribution is -2.29. The molecular formula is C12H14ClF3OS. The van der Waals surface area contributed by atoms with Crippen molar-refractivity contribution in [2.24, 2.45) is 11.8 Å². The van der Waals surface area contributed by atoms with E-state index >= 15 is 0 Å². The minimum Gasteiger partial charge on any atom is -0.387 e. The van der Waals surface area contributed by atoms with Gasteiger partial charge in [-0.3, -0.25) is 0 Å². The Morgan fingerprint density at radius 2 is 1.83 bits per heavy atom. The van der Waals surface area contributed by atoms with Gasteiger partial charge in [0.15, 0.2) is 0 Å². The number of thiophene rings is 1. The molecule has 1 aromatic rings. The predicted molar refractivity (Wildman–Crippen MR) is 65.8 cm³/mol. The summed E-state index contributed by atoms with van der Waals surface area (Å²) in [6.45, 7) is 0. The second-order valence-corrected chi connectivity index (χ2v) is 6.49. The number of hydrogen-bond donors (Lipinski definition) is 1. The van der Waals surface area contributed by atoms with Crippen LogP contribution in [-0.4, -0.2) is 11.3 Å². The van der Waals surface area contributed by atoms with Crippen molar-refractivity contribution in [1.82, 2.24) is 0 Å². The normalized spacial score (nSPS) is 27.2. The van der Waals surface area contributed by atoms with E-state index < -0.39 is 18.2 Å². The molecule has 102 valence electrons. The number of rotatable bonds is 2. The molecule has 0 bridgehead atoms. The monoisotopic (exact) mass is 298 g/mol. The van der Waals surface area contributed by atoms with E-state index in [9.17, 15) is 18.3 Å². The Morgan fingerprint density at radius 3 is 2.28 bits per heavy atom. The zero-order valence-corrected chi connectivity index (χ0v) is 11.2. The molecule has 1 fully saturated rings. The lowest BCUT2D eigenvalue weighted by molar-refractivity contribution is -0.185. The highest BCUT2D eigenvalue weighted by atomic mass is 35.5. The third kappa shape index (κ3) is 3.19. The first-order chi connectivity index (χ1) is 8.38. The molecule has 1 aromatic heterocycles. The quantitative estimate of drug-likeness (QED) is 0.831. The summed E-state index contributed by atoms with van der Waals surface area (Å²) in [7, 11) is 0. The van der Waals surface area contributed by atoms with Crippen LogP contribution < -0.4 is 0 Å². The van der Waals surface area contributed by atoms with Crippen molar-refractivity contribution in [2.45, 2.75) is 38.0 Å². The van der Waals surface area contributed by atoms with Gasteiger partial charge in [0.1, 0.15) is 0 Å². The number of alkyl halides is 3. The fourth-order valence-electron chi connectivity index (χ4n) is 2.48. The molecule has 1 unspecified atom stereocenters. The van der Waals surface area contributed by atoms with E-state index in [2.05, 4.69) is 0 Å². The Kier molecular flexibility index (Phi) is 4.24. The van der Waals surface area contributed by atoms with E-state index in [-0.39, 0.29) is 18.8 Å². The van der Waals surface area contributed by atoms with Gasteiger partial charge in [0.2, 0.25) is 0 Å². The number of aliphatic hydroxyl groups excluding tert-OH is 1. The second kappa shape index (κ2) is 5.39. The smallest absolute Gasteiger partial charge is 0.387 e. The van der Waals surface area contributed by atoms with Crippen LogP contribution in [0.25, 0.3) is 0 Å². The number of aliphatic hydroxyl groups is 1. The van der Waals surface area contributed by atoms with Crippen LogP contribution in [0.4, 0.5) is 13.2 Å². The van der Waals surface area contributed by atoms with Gasteiger partial charge in [-0.25, -0.2) is 0 Å². The molecular weight excluding hydrogens is 285 g/mol. The van der Waals surface area contributed by atoms with Gasteiger partial charge in [0.25, 0.3) is 0 Å². The highest BCUT2D eigenvalue weighted by molar-refractivity contribution is 7.16. The van der Waals surface area contributed by atoms with E-state index in [1.54, 1.807) is 12.1 Å². The van der Waals surface area contributed by atoms with Crippen molar-refractivity contribution in [3.8, 4) is 0 Å². The van der Waals surface area contributed by atoms with Crippen molar-refractivity contribution in [3.63, 3.8) is 0 Å². The summed E-state index contributed by atoms with van der Waals surface area (Å²) < 4.78 is 38.1. The molecule has 1 aliphatic rings. The van der Waals surface area contributed by atoms with Crippen molar-refractivity contribution in [1.29, 1.82) is 0 Å². The highest BCUT2D eigenvalue weighted by Crippen LogP contribution is 2.44. The maximum absolute atomic E-state index is 12.5. The molecule has 6 heteroatoms. The van der Waals surface area contributed by atoms with E-state index in [1.807, 2.05) is 0 Å². The highest BCUT2D eigenvalue weighted by Gasteiger charge is 2.42. The lowest BCUT2D eigenvalue weighted by atomic mass is 9.79. The number of hydrogen-bond acceptors (Lipinski definition) is 2. The minimum atomic E-state index is -4.10. The molecule has 0 aromatic carbocycles. The Hall–Kier alpha value is -0.260. The molecule has 2 rings (SSSR count). The molecule has 0 spiro atoms. The topological polar surface area (TPSA) is 20.2 Å². The molecule has 0 radical (unpaired) electrons.